The van der Waals surface area contributed by atoms with Gasteiger partial charge >= 0.3 is 5.97 Å². The second-order valence-electron chi connectivity index (χ2n) is 10.3. The van der Waals surface area contributed by atoms with Crippen LogP contribution in [0.5, 0.6) is 11.5 Å². The summed E-state index contributed by atoms with van der Waals surface area (Å²) < 4.78 is 18.8. The van der Waals surface area contributed by atoms with Gasteiger partial charge < -0.3 is 24.0 Å². The number of esters is 1. The van der Waals surface area contributed by atoms with E-state index in [2.05, 4.69) is 37.8 Å². The summed E-state index contributed by atoms with van der Waals surface area (Å²) in [5.41, 5.74) is 2.08. The third-order valence-electron chi connectivity index (χ3n) is 7.67. The maximum Gasteiger partial charge on any atom is 0.338 e. The number of halogens is 1. The number of rotatable bonds is 8. The minimum atomic E-state index is -0.899. The van der Waals surface area contributed by atoms with Crippen molar-refractivity contribution in [3.8, 4) is 11.5 Å². The summed E-state index contributed by atoms with van der Waals surface area (Å²) in [5.74, 6) is 0.292. The molecule has 0 bridgehead atoms. The van der Waals surface area contributed by atoms with Crippen LogP contribution in [0.25, 0.3) is 6.08 Å². The van der Waals surface area contributed by atoms with Gasteiger partial charge in [0.15, 0.2) is 16.3 Å². The Hall–Kier alpha value is -4.01. The summed E-state index contributed by atoms with van der Waals surface area (Å²) in [5, 5.41) is 11.7. The van der Waals surface area contributed by atoms with Gasteiger partial charge in [-0.3, -0.25) is 19.5 Å². The fraction of sp³-hybridized carbons (Fsp3) is 0.367. The number of anilines is 1. The van der Waals surface area contributed by atoms with Crippen molar-refractivity contribution in [3.05, 3.63) is 87.0 Å². The zero-order chi connectivity index (χ0) is 31.7. The first kappa shape index (κ1) is 31.4. The molecule has 44 heavy (non-hydrogen) atoms. The van der Waals surface area contributed by atoms with E-state index < -0.39 is 22.5 Å². The number of nitro groups is 1. The van der Waals surface area contributed by atoms with E-state index in [-0.39, 0.29) is 17.9 Å². The number of hydrogen-bond donors (Lipinski definition) is 0. The van der Waals surface area contributed by atoms with Gasteiger partial charge in [-0.2, -0.15) is 0 Å². The monoisotopic (exact) mass is 685 g/mol. The first-order valence-electron chi connectivity index (χ1n) is 13.9. The summed E-state index contributed by atoms with van der Waals surface area (Å²) in [6.07, 6.45) is 1.68. The molecule has 0 saturated carbocycles. The number of hydrogen-bond acceptors (Lipinski definition) is 11. The molecule has 12 nitrogen and oxygen atoms in total. The molecule has 1 aromatic heterocycles. The van der Waals surface area contributed by atoms with E-state index >= 15 is 0 Å². The Bertz CT molecular complexity index is 1840. The van der Waals surface area contributed by atoms with Gasteiger partial charge in [-0.1, -0.05) is 27.3 Å². The van der Waals surface area contributed by atoms with Crippen LogP contribution < -0.4 is 29.3 Å². The molecule has 0 spiro atoms. The second kappa shape index (κ2) is 12.9. The van der Waals surface area contributed by atoms with Crippen LogP contribution in [-0.4, -0.2) is 74.4 Å². The molecule has 232 valence electrons. The topological polar surface area (TPSA) is 129 Å². The highest BCUT2D eigenvalue weighted by molar-refractivity contribution is 9.10. The molecule has 3 aromatic rings. The first-order chi connectivity index (χ1) is 21.1. The Morgan fingerprint density at radius 3 is 2.48 bits per heavy atom. The number of thiazole rings is 1. The molecule has 0 radical (unpaired) electrons. The zero-order valence-corrected chi connectivity index (χ0v) is 27.4. The van der Waals surface area contributed by atoms with Crippen LogP contribution >= 0.6 is 27.3 Å². The van der Waals surface area contributed by atoms with Crippen LogP contribution in [0.2, 0.25) is 0 Å². The third kappa shape index (κ3) is 5.88. The maximum absolute atomic E-state index is 14.3. The van der Waals surface area contributed by atoms with Gasteiger partial charge in [-0.15, -0.1) is 0 Å². The average Bonchev–Trinajstić information content (AvgIpc) is 3.30. The number of allylic oxidation sites excluding steroid dienone is 1. The van der Waals surface area contributed by atoms with E-state index in [0.717, 1.165) is 43.2 Å². The Morgan fingerprint density at radius 1 is 1.16 bits per heavy atom. The Kier molecular flexibility index (Phi) is 9.23. The number of nitro benzene ring substituents is 1. The van der Waals surface area contributed by atoms with Crippen molar-refractivity contribution in [2.24, 2.45) is 4.99 Å². The normalized spacial score (nSPS) is 17.3. The van der Waals surface area contributed by atoms with Gasteiger partial charge in [0.25, 0.3) is 11.2 Å². The smallest absolute Gasteiger partial charge is 0.338 e. The summed E-state index contributed by atoms with van der Waals surface area (Å²) in [6, 6.07) is 7.24. The number of methoxy groups -OCH3 is 2. The van der Waals surface area contributed by atoms with Crippen molar-refractivity contribution in [2.75, 3.05) is 59.0 Å². The summed E-state index contributed by atoms with van der Waals surface area (Å²) in [4.78, 5) is 48.3. The van der Waals surface area contributed by atoms with Crippen molar-refractivity contribution in [3.63, 3.8) is 0 Å². The number of benzene rings is 2. The van der Waals surface area contributed by atoms with E-state index in [9.17, 15) is 19.7 Å². The van der Waals surface area contributed by atoms with Crippen LogP contribution in [0.4, 0.5) is 11.4 Å². The van der Waals surface area contributed by atoms with Crippen molar-refractivity contribution in [2.45, 2.75) is 19.9 Å². The number of non-ortho nitro benzene ring substituents is 1. The maximum atomic E-state index is 14.3. The van der Waals surface area contributed by atoms with E-state index in [1.54, 1.807) is 38.1 Å². The molecule has 1 fully saturated rings. The number of carbonyl (C=O) groups is 1. The highest BCUT2D eigenvalue weighted by Gasteiger charge is 2.35. The number of likely N-dealkylation sites (N-methyl/N-ethyl adjacent to an activating group) is 1. The van der Waals surface area contributed by atoms with Crippen LogP contribution in [0.3, 0.4) is 0 Å². The summed E-state index contributed by atoms with van der Waals surface area (Å²) in [6.45, 7) is 6.72. The highest BCUT2D eigenvalue weighted by atomic mass is 79.9. The van der Waals surface area contributed by atoms with E-state index in [0.29, 0.717) is 42.1 Å². The standard InChI is InChI=1S/C30H32BrN5O7S/c1-6-43-29(38)26-17(2)32-30-35(27(26)20-15-23(41-4)24(42-5)16-21(20)31)28(37)25(44-30)14-18-13-19(36(39)40)7-8-22(18)34-11-9-33(3)10-12-34/h7-8,13-16,27H,6,9-12H2,1-5H3/b25-14+/t27-/m1/s1. The molecule has 0 unspecified atom stereocenters. The van der Waals surface area contributed by atoms with Gasteiger partial charge in [-0.25, -0.2) is 9.79 Å². The molecule has 2 aliphatic rings. The fourth-order valence-electron chi connectivity index (χ4n) is 5.41. The third-order valence-corrected chi connectivity index (χ3v) is 9.34. The SMILES string of the molecule is CCOC(=O)C1=C(C)N=c2s/c(=C/c3cc([N+](=O)[O-])ccc3N3CCN(C)CC3)c(=O)n2[C@@H]1c1cc(OC)c(OC)cc1Br. The minimum Gasteiger partial charge on any atom is -0.493 e. The Labute approximate surface area is 265 Å². The molecular formula is C30H32BrN5O7S. The van der Waals surface area contributed by atoms with Gasteiger partial charge in [0.1, 0.15) is 0 Å². The van der Waals surface area contributed by atoms with Crippen LogP contribution in [-0.2, 0) is 9.53 Å². The molecule has 3 heterocycles. The summed E-state index contributed by atoms with van der Waals surface area (Å²) in [7, 11) is 5.07. The average molecular weight is 687 g/mol. The van der Waals surface area contributed by atoms with Gasteiger partial charge in [-0.05, 0) is 50.7 Å². The molecule has 1 saturated heterocycles. The van der Waals surface area contributed by atoms with Crippen molar-refractivity contribution in [1.29, 1.82) is 0 Å². The molecule has 2 aromatic carbocycles. The second-order valence-corrected chi connectivity index (χ2v) is 12.2. The highest BCUT2D eigenvalue weighted by Crippen LogP contribution is 2.41. The number of fused-ring (bicyclic) bond motifs is 1. The van der Waals surface area contributed by atoms with Gasteiger partial charge in [0, 0.05) is 54.0 Å². The number of aromatic nitrogens is 1. The van der Waals surface area contributed by atoms with E-state index in [4.69, 9.17) is 14.2 Å². The largest absolute Gasteiger partial charge is 0.493 e. The van der Waals surface area contributed by atoms with Crippen molar-refractivity contribution in [1.82, 2.24) is 9.47 Å². The number of piperazine rings is 1. The lowest BCUT2D eigenvalue weighted by molar-refractivity contribution is -0.384. The molecule has 5 rings (SSSR count). The lowest BCUT2D eigenvalue weighted by Crippen LogP contribution is -2.44. The molecule has 2 aliphatic heterocycles. The van der Waals surface area contributed by atoms with Gasteiger partial charge in [0.05, 0.1) is 47.6 Å². The lowest BCUT2D eigenvalue weighted by atomic mass is 9.95. The van der Waals surface area contributed by atoms with Gasteiger partial charge in [0.2, 0.25) is 0 Å². The lowest BCUT2D eigenvalue weighted by Gasteiger charge is -2.34. The number of nitrogens with zero attached hydrogens (tertiary/aromatic N) is 5. The number of carbonyl (C=O) groups excluding carboxylic acids is 1. The van der Waals surface area contributed by atoms with Crippen LogP contribution in [0.1, 0.15) is 31.0 Å². The number of ether oxygens (including phenoxy) is 3. The Balaban J connectivity index is 1.74. The van der Waals surface area contributed by atoms with Crippen molar-refractivity contribution < 1.29 is 23.9 Å². The molecule has 1 atom stereocenters. The molecular weight excluding hydrogens is 654 g/mol. The quantitative estimate of drug-likeness (QED) is 0.199. The van der Waals surface area contributed by atoms with Crippen molar-refractivity contribution >= 4 is 50.7 Å². The summed E-state index contributed by atoms with van der Waals surface area (Å²) >= 11 is 4.76. The molecule has 14 heteroatoms. The van der Waals surface area contributed by atoms with E-state index in [1.807, 2.05) is 0 Å². The minimum absolute atomic E-state index is 0.0746. The molecule has 0 amide bonds. The fourth-order valence-corrected chi connectivity index (χ4v) is 6.99. The zero-order valence-electron chi connectivity index (χ0n) is 25.0. The van der Waals surface area contributed by atoms with E-state index in [1.165, 1.54) is 30.9 Å². The molecule has 0 N–H and O–H groups in total. The Morgan fingerprint density at radius 2 is 1.84 bits per heavy atom. The predicted molar refractivity (Wildman–Crippen MR) is 170 cm³/mol. The first-order valence-corrected chi connectivity index (χ1v) is 15.5. The predicted octanol–water partition coefficient (Wildman–Crippen LogP) is 3.24. The van der Waals surface area contributed by atoms with Crippen LogP contribution in [0.15, 0.2) is 55.9 Å². The van der Waals surface area contributed by atoms with Crippen LogP contribution in [0, 0.1) is 10.1 Å². The molecule has 0 aliphatic carbocycles.